The van der Waals surface area contributed by atoms with E-state index in [2.05, 4.69) is 20.1 Å². The lowest BCUT2D eigenvalue weighted by Gasteiger charge is -2.09. The van der Waals surface area contributed by atoms with Crippen molar-refractivity contribution in [3.63, 3.8) is 0 Å². The Labute approximate surface area is 136 Å². The van der Waals surface area contributed by atoms with Crippen LogP contribution in [0.2, 0.25) is 0 Å². The van der Waals surface area contributed by atoms with E-state index in [4.69, 9.17) is 9.25 Å². The summed E-state index contributed by atoms with van der Waals surface area (Å²) in [5, 5.41) is 4.96. The second-order valence-electron chi connectivity index (χ2n) is 5.14. The van der Waals surface area contributed by atoms with Crippen molar-refractivity contribution in [2.24, 2.45) is 5.16 Å². The van der Waals surface area contributed by atoms with Gasteiger partial charge in [0.1, 0.15) is 34.2 Å². The minimum Gasteiger partial charge on any atom is -0.440 e. The number of fused-ring (bicyclic) bond motifs is 1. The number of hydrogen-bond acceptors (Lipinski definition) is 7. The number of oxime groups is 1. The fourth-order valence-electron chi connectivity index (χ4n) is 2.58. The van der Waals surface area contributed by atoms with Crippen molar-refractivity contribution in [1.29, 1.82) is 0 Å². The molecule has 0 aliphatic heterocycles. The maximum atomic E-state index is 5.93. The van der Waals surface area contributed by atoms with Crippen LogP contribution in [0, 0.1) is 0 Å². The summed E-state index contributed by atoms with van der Waals surface area (Å²) >= 11 is 1.54. The number of oxazole rings is 1. The molecule has 0 aromatic carbocycles. The molecular formula is C16H14N4O2S. The number of thiazole rings is 1. The van der Waals surface area contributed by atoms with Gasteiger partial charge in [0.25, 0.3) is 0 Å². The highest BCUT2D eigenvalue weighted by atomic mass is 32.1. The molecule has 3 aromatic heterocycles. The number of pyridine rings is 1. The molecule has 0 unspecified atom stereocenters. The first kappa shape index (κ1) is 14.1. The highest BCUT2D eigenvalue weighted by molar-refractivity contribution is 7.18. The number of hydrogen-bond donors (Lipinski definition) is 0. The molecule has 3 heterocycles. The van der Waals surface area contributed by atoms with E-state index in [9.17, 15) is 0 Å². The molecule has 23 heavy (non-hydrogen) atoms. The van der Waals surface area contributed by atoms with Gasteiger partial charge in [-0.15, -0.1) is 11.3 Å². The normalized spacial score (nSPS) is 15.6. The van der Waals surface area contributed by atoms with Crippen molar-refractivity contribution in [3.05, 3.63) is 42.2 Å². The van der Waals surface area contributed by atoms with E-state index in [0.717, 1.165) is 51.9 Å². The van der Waals surface area contributed by atoms with E-state index < -0.39 is 0 Å². The van der Waals surface area contributed by atoms with Crippen LogP contribution in [-0.4, -0.2) is 27.8 Å². The average molecular weight is 326 g/mol. The van der Waals surface area contributed by atoms with Gasteiger partial charge in [0.15, 0.2) is 0 Å². The van der Waals surface area contributed by atoms with Crippen LogP contribution in [0.3, 0.4) is 0 Å². The number of nitrogens with zero attached hydrogens (tertiary/aromatic N) is 4. The Morgan fingerprint density at radius 1 is 1.30 bits per heavy atom. The van der Waals surface area contributed by atoms with Gasteiger partial charge in [-0.25, -0.2) is 9.97 Å². The molecule has 0 saturated carbocycles. The monoisotopic (exact) mass is 326 g/mol. The SMILES string of the molecule is CON=C1CCCc2oc(-c3cnc(-c4cccnc4)s3)nc21. The Hall–Kier alpha value is -2.54. The Balaban J connectivity index is 1.70. The highest BCUT2D eigenvalue weighted by Crippen LogP contribution is 2.34. The van der Waals surface area contributed by atoms with Crippen LogP contribution in [0.5, 0.6) is 0 Å². The summed E-state index contributed by atoms with van der Waals surface area (Å²) in [6, 6.07) is 3.88. The molecule has 0 atom stereocenters. The Morgan fingerprint density at radius 2 is 2.26 bits per heavy atom. The van der Waals surface area contributed by atoms with Crippen LogP contribution in [0.15, 0.2) is 40.3 Å². The summed E-state index contributed by atoms with van der Waals surface area (Å²) in [5.41, 5.74) is 2.65. The number of aromatic nitrogens is 3. The van der Waals surface area contributed by atoms with Gasteiger partial charge in [-0.2, -0.15) is 0 Å². The van der Waals surface area contributed by atoms with Crippen molar-refractivity contribution in [2.75, 3.05) is 7.11 Å². The van der Waals surface area contributed by atoms with Gasteiger partial charge >= 0.3 is 0 Å². The third-order valence-electron chi connectivity index (χ3n) is 3.61. The molecule has 0 radical (unpaired) electrons. The molecule has 0 fully saturated rings. The predicted molar refractivity (Wildman–Crippen MR) is 87.3 cm³/mol. The molecule has 1 aliphatic rings. The van der Waals surface area contributed by atoms with Gasteiger partial charge in [0, 0.05) is 24.4 Å². The molecule has 0 saturated heterocycles. The van der Waals surface area contributed by atoms with E-state index in [0.29, 0.717) is 5.89 Å². The number of aryl methyl sites for hydroxylation is 1. The molecule has 1 aliphatic carbocycles. The first-order chi connectivity index (χ1) is 11.3. The third kappa shape index (κ3) is 2.63. The largest absolute Gasteiger partial charge is 0.440 e. The van der Waals surface area contributed by atoms with E-state index in [1.807, 2.05) is 12.1 Å². The van der Waals surface area contributed by atoms with E-state index >= 15 is 0 Å². The lowest BCUT2D eigenvalue weighted by atomic mass is 10.0. The fourth-order valence-corrected chi connectivity index (χ4v) is 3.41. The van der Waals surface area contributed by atoms with Crippen molar-refractivity contribution < 1.29 is 9.25 Å². The Morgan fingerprint density at radius 3 is 3.09 bits per heavy atom. The van der Waals surface area contributed by atoms with E-state index in [1.54, 1.807) is 25.7 Å². The van der Waals surface area contributed by atoms with Crippen molar-refractivity contribution in [2.45, 2.75) is 19.3 Å². The Bertz CT molecular complexity index is 854. The summed E-state index contributed by atoms with van der Waals surface area (Å²) < 4.78 is 5.93. The van der Waals surface area contributed by atoms with Crippen LogP contribution in [0.25, 0.3) is 21.3 Å². The summed E-state index contributed by atoms with van der Waals surface area (Å²) in [6.45, 7) is 0. The van der Waals surface area contributed by atoms with Gasteiger partial charge < -0.3 is 9.25 Å². The zero-order chi connectivity index (χ0) is 15.6. The number of rotatable bonds is 3. The topological polar surface area (TPSA) is 73.4 Å². The second-order valence-corrected chi connectivity index (χ2v) is 6.17. The smallest absolute Gasteiger partial charge is 0.238 e. The summed E-state index contributed by atoms with van der Waals surface area (Å²) in [5.74, 6) is 1.46. The van der Waals surface area contributed by atoms with Gasteiger partial charge in [0.05, 0.1) is 6.20 Å². The third-order valence-corrected chi connectivity index (χ3v) is 4.65. The molecule has 4 rings (SSSR count). The highest BCUT2D eigenvalue weighted by Gasteiger charge is 2.24. The lowest BCUT2D eigenvalue weighted by Crippen LogP contribution is -2.11. The molecule has 0 amide bonds. The summed E-state index contributed by atoms with van der Waals surface area (Å²) in [4.78, 5) is 19.0. The van der Waals surface area contributed by atoms with Crippen molar-refractivity contribution in [3.8, 4) is 21.3 Å². The van der Waals surface area contributed by atoms with E-state index in [-0.39, 0.29) is 0 Å². The molecular weight excluding hydrogens is 312 g/mol. The second kappa shape index (κ2) is 5.92. The van der Waals surface area contributed by atoms with Crippen LogP contribution < -0.4 is 0 Å². The van der Waals surface area contributed by atoms with Gasteiger partial charge in [-0.3, -0.25) is 4.98 Å². The maximum Gasteiger partial charge on any atom is 0.238 e. The molecule has 0 N–H and O–H groups in total. The molecule has 0 bridgehead atoms. The predicted octanol–water partition coefficient (Wildman–Crippen LogP) is 3.55. The van der Waals surface area contributed by atoms with Crippen LogP contribution in [-0.2, 0) is 11.3 Å². The minimum absolute atomic E-state index is 0.591. The quantitative estimate of drug-likeness (QED) is 0.688. The van der Waals surface area contributed by atoms with Crippen LogP contribution in [0.1, 0.15) is 24.3 Å². The average Bonchev–Trinajstić information content (AvgIpc) is 3.23. The molecule has 3 aromatic rings. The van der Waals surface area contributed by atoms with Gasteiger partial charge in [0.2, 0.25) is 5.89 Å². The minimum atomic E-state index is 0.591. The first-order valence-corrected chi connectivity index (χ1v) is 8.13. The standard InChI is InChI=1S/C16H14N4O2S/c1-21-20-11-5-2-6-12-14(11)19-15(22-12)13-9-18-16(23-13)10-4-3-7-17-8-10/h3-4,7-9H,2,5-6H2,1H3. The van der Waals surface area contributed by atoms with Crippen LogP contribution in [0.4, 0.5) is 0 Å². The van der Waals surface area contributed by atoms with Gasteiger partial charge in [-0.05, 0) is 25.0 Å². The van der Waals surface area contributed by atoms with Crippen molar-refractivity contribution >= 4 is 17.0 Å². The zero-order valence-electron chi connectivity index (χ0n) is 12.5. The molecule has 7 heteroatoms. The maximum absolute atomic E-state index is 5.93. The molecule has 6 nitrogen and oxygen atoms in total. The van der Waals surface area contributed by atoms with Crippen LogP contribution >= 0.6 is 11.3 Å². The Kier molecular flexibility index (Phi) is 3.63. The zero-order valence-corrected chi connectivity index (χ0v) is 13.3. The summed E-state index contributed by atoms with van der Waals surface area (Å²) in [7, 11) is 1.55. The van der Waals surface area contributed by atoms with Gasteiger partial charge in [-0.1, -0.05) is 5.16 Å². The molecule has 116 valence electrons. The molecule has 0 spiro atoms. The summed E-state index contributed by atoms with van der Waals surface area (Å²) in [6.07, 6.45) is 8.06. The van der Waals surface area contributed by atoms with E-state index in [1.165, 1.54) is 11.3 Å². The fraction of sp³-hybridized carbons (Fsp3) is 0.250. The first-order valence-electron chi connectivity index (χ1n) is 7.32. The van der Waals surface area contributed by atoms with Crippen molar-refractivity contribution in [1.82, 2.24) is 15.0 Å². The lowest BCUT2D eigenvalue weighted by molar-refractivity contribution is 0.212.